The molecule has 1 aromatic carbocycles. The number of nitrogens with zero attached hydrogens (tertiary/aromatic N) is 1. The predicted octanol–water partition coefficient (Wildman–Crippen LogP) is 2.66. The Labute approximate surface area is 90.7 Å². The molecule has 0 heterocycles. The molecule has 0 saturated heterocycles. The van der Waals surface area contributed by atoms with Gasteiger partial charge in [-0.1, -0.05) is 13.0 Å². The zero-order valence-corrected chi connectivity index (χ0v) is 9.16. The van der Waals surface area contributed by atoms with Crippen molar-refractivity contribution in [2.45, 2.75) is 13.3 Å². The number of nitrogens with one attached hydrogen (secondary N) is 1. The third-order valence-corrected chi connectivity index (χ3v) is 2.30. The van der Waals surface area contributed by atoms with Crippen molar-refractivity contribution < 1.29 is 4.74 Å². The largest absolute Gasteiger partial charge is 0.497 e. The van der Waals surface area contributed by atoms with Crippen LogP contribution in [0.5, 0.6) is 5.75 Å². The molecule has 1 rings (SSSR count). The predicted molar refractivity (Wildman–Crippen MR) is 60.9 cm³/mol. The maximum absolute atomic E-state index is 8.79. The minimum Gasteiger partial charge on any atom is -0.497 e. The summed E-state index contributed by atoms with van der Waals surface area (Å²) in [6.07, 6.45) is 0.869. The van der Waals surface area contributed by atoms with Crippen LogP contribution in [-0.4, -0.2) is 13.7 Å². The van der Waals surface area contributed by atoms with Crippen LogP contribution in [0, 0.1) is 17.2 Å². The van der Waals surface area contributed by atoms with Crippen LogP contribution >= 0.6 is 0 Å². The molecular formula is C12H16N2O. The highest BCUT2D eigenvalue weighted by molar-refractivity contribution is 5.48. The zero-order valence-electron chi connectivity index (χ0n) is 9.16. The van der Waals surface area contributed by atoms with Gasteiger partial charge >= 0.3 is 0 Å². The van der Waals surface area contributed by atoms with Gasteiger partial charge in [0, 0.05) is 18.3 Å². The monoisotopic (exact) mass is 204 g/mol. The van der Waals surface area contributed by atoms with E-state index >= 15 is 0 Å². The Bertz CT molecular complexity index is 344. The fraction of sp³-hybridized carbons (Fsp3) is 0.417. The first-order valence-corrected chi connectivity index (χ1v) is 5.07. The van der Waals surface area contributed by atoms with Gasteiger partial charge in [0.2, 0.25) is 0 Å². The molecule has 3 heteroatoms. The van der Waals surface area contributed by atoms with Crippen LogP contribution in [0.3, 0.4) is 0 Å². The maximum atomic E-state index is 8.79. The molecule has 0 radical (unpaired) electrons. The smallest absolute Gasteiger partial charge is 0.120 e. The summed E-state index contributed by atoms with van der Waals surface area (Å²) < 4.78 is 5.11. The molecule has 1 aromatic rings. The number of anilines is 1. The lowest BCUT2D eigenvalue weighted by Crippen LogP contribution is -2.11. The first kappa shape index (κ1) is 11.4. The van der Waals surface area contributed by atoms with Gasteiger partial charge in [0.05, 0.1) is 19.1 Å². The van der Waals surface area contributed by atoms with Crippen molar-refractivity contribution >= 4 is 5.69 Å². The van der Waals surface area contributed by atoms with Gasteiger partial charge in [0.25, 0.3) is 0 Å². The van der Waals surface area contributed by atoms with Crippen molar-refractivity contribution in [2.75, 3.05) is 19.0 Å². The molecule has 0 bridgehead atoms. The van der Waals surface area contributed by atoms with Crippen LogP contribution in [-0.2, 0) is 0 Å². The molecule has 1 unspecified atom stereocenters. The van der Waals surface area contributed by atoms with Crippen LogP contribution in [0.2, 0.25) is 0 Å². The van der Waals surface area contributed by atoms with E-state index in [4.69, 9.17) is 10.00 Å². The maximum Gasteiger partial charge on any atom is 0.120 e. The van der Waals surface area contributed by atoms with Crippen molar-refractivity contribution in [3.05, 3.63) is 24.3 Å². The van der Waals surface area contributed by atoms with Gasteiger partial charge < -0.3 is 10.1 Å². The number of rotatable bonds is 5. The number of nitriles is 1. The van der Waals surface area contributed by atoms with Crippen molar-refractivity contribution in [3.8, 4) is 11.8 Å². The summed E-state index contributed by atoms with van der Waals surface area (Å²) in [5, 5.41) is 12.0. The van der Waals surface area contributed by atoms with Crippen LogP contribution in [0.25, 0.3) is 0 Å². The minimum atomic E-state index is 0.0659. The fourth-order valence-corrected chi connectivity index (χ4v) is 1.26. The Kier molecular flexibility index (Phi) is 4.49. The average molecular weight is 204 g/mol. The highest BCUT2D eigenvalue weighted by atomic mass is 16.5. The van der Waals surface area contributed by atoms with Crippen LogP contribution in [0.1, 0.15) is 13.3 Å². The second-order valence-electron chi connectivity index (χ2n) is 3.35. The summed E-state index contributed by atoms with van der Waals surface area (Å²) in [7, 11) is 1.64. The molecule has 1 atom stereocenters. The minimum absolute atomic E-state index is 0.0659. The number of hydrogen-bond donors (Lipinski definition) is 1. The third-order valence-electron chi connectivity index (χ3n) is 2.30. The van der Waals surface area contributed by atoms with Gasteiger partial charge in [-0.15, -0.1) is 0 Å². The van der Waals surface area contributed by atoms with Crippen LogP contribution < -0.4 is 10.1 Å². The lowest BCUT2D eigenvalue weighted by molar-refractivity contribution is 0.415. The molecule has 0 aliphatic carbocycles. The molecule has 0 spiro atoms. The van der Waals surface area contributed by atoms with E-state index in [2.05, 4.69) is 11.4 Å². The Balaban J connectivity index is 2.54. The summed E-state index contributed by atoms with van der Waals surface area (Å²) in [6, 6.07) is 9.96. The number of methoxy groups -OCH3 is 1. The van der Waals surface area contributed by atoms with E-state index in [-0.39, 0.29) is 5.92 Å². The second kappa shape index (κ2) is 5.92. The quantitative estimate of drug-likeness (QED) is 0.802. The molecule has 0 aliphatic rings. The summed E-state index contributed by atoms with van der Waals surface area (Å²) in [4.78, 5) is 0. The topological polar surface area (TPSA) is 45.0 Å². The van der Waals surface area contributed by atoms with E-state index in [0.29, 0.717) is 6.54 Å². The fourth-order valence-electron chi connectivity index (χ4n) is 1.26. The highest BCUT2D eigenvalue weighted by Gasteiger charge is 2.03. The van der Waals surface area contributed by atoms with Crippen molar-refractivity contribution in [1.29, 1.82) is 5.26 Å². The molecule has 0 amide bonds. The van der Waals surface area contributed by atoms with Crippen molar-refractivity contribution in [1.82, 2.24) is 0 Å². The van der Waals surface area contributed by atoms with E-state index in [1.54, 1.807) is 7.11 Å². The average Bonchev–Trinajstić information content (AvgIpc) is 2.31. The van der Waals surface area contributed by atoms with Gasteiger partial charge in [-0.3, -0.25) is 0 Å². The molecule has 0 aliphatic heterocycles. The summed E-state index contributed by atoms with van der Waals surface area (Å²) in [6.45, 7) is 2.70. The van der Waals surface area contributed by atoms with E-state index in [1.807, 2.05) is 31.2 Å². The van der Waals surface area contributed by atoms with E-state index < -0.39 is 0 Å². The number of ether oxygens (including phenoxy) is 1. The highest BCUT2D eigenvalue weighted by Crippen LogP contribution is 2.17. The van der Waals surface area contributed by atoms with Gasteiger partial charge in [-0.05, 0) is 18.6 Å². The second-order valence-corrected chi connectivity index (χ2v) is 3.35. The molecule has 3 nitrogen and oxygen atoms in total. The first-order valence-electron chi connectivity index (χ1n) is 5.07. The number of benzene rings is 1. The standard InChI is InChI=1S/C12H16N2O/c1-3-10(8-13)9-14-11-5-4-6-12(7-11)15-2/h4-7,10,14H,3,9H2,1-2H3. The van der Waals surface area contributed by atoms with Gasteiger partial charge in [-0.2, -0.15) is 5.26 Å². The summed E-state index contributed by atoms with van der Waals surface area (Å²) >= 11 is 0. The molecule has 1 N–H and O–H groups in total. The Morgan fingerprint density at radius 1 is 1.53 bits per heavy atom. The summed E-state index contributed by atoms with van der Waals surface area (Å²) in [5.74, 6) is 0.890. The molecule has 15 heavy (non-hydrogen) atoms. The lowest BCUT2D eigenvalue weighted by atomic mass is 10.1. The van der Waals surface area contributed by atoms with Crippen LogP contribution in [0.4, 0.5) is 5.69 Å². The SMILES string of the molecule is CCC(C#N)CNc1cccc(OC)c1. The Morgan fingerprint density at radius 3 is 2.93 bits per heavy atom. The van der Waals surface area contributed by atoms with E-state index in [1.165, 1.54) is 0 Å². The molecule has 0 saturated carbocycles. The van der Waals surface area contributed by atoms with Gasteiger partial charge in [0.1, 0.15) is 5.75 Å². The van der Waals surface area contributed by atoms with Crippen LogP contribution in [0.15, 0.2) is 24.3 Å². The van der Waals surface area contributed by atoms with E-state index in [9.17, 15) is 0 Å². The Morgan fingerprint density at radius 2 is 2.33 bits per heavy atom. The molecule has 80 valence electrons. The van der Waals surface area contributed by atoms with Crippen molar-refractivity contribution in [2.24, 2.45) is 5.92 Å². The van der Waals surface area contributed by atoms with Gasteiger partial charge in [-0.25, -0.2) is 0 Å². The molecule has 0 aromatic heterocycles. The molecule has 0 fully saturated rings. The van der Waals surface area contributed by atoms with Gasteiger partial charge in [0.15, 0.2) is 0 Å². The summed E-state index contributed by atoms with van der Waals surface area (Å²) in [5.41, 5.74) is 0.989. The lowest BCUT2D eigenvalue weighted by Gasteiger charge is -2.10. The number of hydrogen-bond acceptors (Lipinski definition) is 3. The van der Waals surface area contributed by atoms with Crippen molar-refractivity contribution in [3.63, 3.8) is 0 Å². The third kappa shape index (κ3) is 3.51. The van der Waals surface area contributed by atoms with E-state index in [0.717, 1.165) is 17.9 Å². The molecular weight excluding hydrogens is 188 g/mol. The Hall–Kier alpha value is -1.69. The zero-order chi connectivity index (χ0) is 11.1. The first-order chi connectivity index (χ1) is 7.30. The normalized spacial score (nSPS) is 11.5.